The molecule has 0 heterocycles. The molecule has 0 saturated heterocycles. The summed E-state index contributed by atoms with van der Waals surface area (Å²) >= 11 is 0. The second-order valence-corrected chi connectivity index (χ2v) is 6.79. The molecular formula is C17H25NO3. The Morgan fingerprint density at radius 1 is 1.14 bits per heavy atom. The number of likely N-dealkylation sites (N-methyl/N-ethyl adjacent to an activating group) is 1. The van der Waals surface area contributed by atoms with Crippen LogP contribution in [0.4, 0.5) is 0 Å². The zero-order valence-corrected chi connectivity index (χ0v) is 12.8. The van der Waals surface area contributed by atoms with Gasteiger partial charge in [0.25, 0.3) is 5.91 Å². The molecule has 0 aromatic carbocycles. The maximum absolute atomic E-state index is 12.2. The quantitative estimate of drug-likeness (QED) is 0.590. The second-order valence-electron chi connectivity index (χ2n) is 6.79. The summed E-state index contributed by atoms with van der Waals surface area (Å²) < 4.78 is 5.29. The topological polar surface area (TPSA) is 46.6 Å². The SMILES string of the molecule is CN(C(=O)COC(=O)[C@@H]1C[C@H]2C=C[C@@H]1C2)C1CCCCC1. The Balaban J connectivity index is 1.44. The first-order valence-corrected chi connectivity index (χ1v) is 8.26. The van der Waals surface area contributed by atoms with Crippen LogP contribution in [-0.2, 0) is 14.3 Å². The average molecular weight is 291 g/mol. The number of amides is 1. The van der Waals surface area contributed by atoms with Crippen LogP contribution in [0.3, 0.4) is 0 Å². The lowest BCUT2D eigenvalue weighted by Crippen LogP contribution is -2.41. The van der Waals surface area contributed by atoms with Crippen molar-refractivity contribution in [1.29, 1.82) is 0 Å². The van der Waals surface area contributed by atoms with Crippen molar-refractivity contribution in [2.75, 3.05) is 13.7 Å². The molecule has 3 aliphatic rings. The molecule has 3 atom stereocenters. The molecular weight excluding hydrogens is 266 g/mol. The highest BCUT2D eigenvalue weighted by molar-refractivity contribution is 5.81. The number of carbonyl (C=O) groups excluding carboxylic acids is 2. The molecule has 21 heavy (non-hydrogen) atoms. The highest BCUT2D eigenvalue weighted by atomic mass is 16.5. The number of fused-ring (bicyclic) bond motifs is 2. The highest BCUT2D eigenvalue weighted by Gasteiger charge is 2.41. The van der Waals surface area contributed by atoms with Gasteiger partial charge in [0, 0.05) is 13.1 Å². The van der Waals surface area contributed by atoms with Crippen molar-refractivity contribution in [1.82, 2.24) is 4.90 Å². The van der Waals surface area contributed by atoms with Gasteiger partial charge in [-0.05, 0) is 37.5 Å². The zero-order valence-electron chi connectivity index (χ0n) is 12.8. The summed E-state index contributed by atoms with van der Waals surface area (Å²) in [6.07, 6.45) is 12.1. The predicted molar refractivity (Wildman–Crippen MR) is 79.4 cm³/mol. The fourth-order valence-electron chi connectivity index (χ4n) is 4.07. The first kappa shape index (κ1) is 14.6. The van der Waals surface area contributed by atoms with Crippen molar-refractivity contribution in [3.05, 3.63) is 12.2 Å². The zero-order chi connectivity index (χ0) is 14.8. The van der Waals surface area contributed by atoms with Crippen molar-refractivity contribution in [2.24, 2.45) is 17.8 Å². The lowest BCUT2D eigenvalue weighted by Gasteiger charge is -2.31. The average Bonchev–Trinajstić information content (AvgIpc) is 3.15. The van der Waals surface area contributed by atoms with Gasteiger partial charge in [-0.1, -0.05) is 31.4 Å². The van der Waals surface area contributed by atoms with Crippen LogP contribution in [-0.4, -0.2) is 36.5 Å². The summed E-state index contributed by atoms with van der Waals surface area (Å²) in [4.78, 5) is 26.1. The highest BCUT2D eigenvalue weighted by Crippen LogP contribution is 2.43. The number of allylic oxidation sites excluding steroid dienone is 2. The third-order valence-corrected chi connectivity index (χ3v) is 5.44. The van der Waals surface area contributed by atoms with E-state index in [-0.39, 0.29) is 24.4 Å². The number of rotatable bonds is 4. The van der Waals surface area contributed by atoms with E-state index in [9.17, 15) is 9.59 Å². The van der Waals surface area contributed by atoms with Crippen LogP contribution < -0.4 is 0 Å². The molecule has 4 nitrogen and oxygen atoms in total. The van der Waals surface area contributed by atoms with E-state index < -0.39 is 0 Å². The summed E-state index contributed by atoms with van der Waals surface area (Å²) in [6, 6.07) is 0.329. The summed E-state index contributed by atoms with van der Waals surface area (Å²) in [5.74, 6) is 0.626. The Hall–Kier alpha value is -1.32. The van der Waals surface area contributed by atoms with Gasteiger partial charge in [0.15, 0.2) is 6.61 Å². The Labute approximate surface area is 126 Å². The van der Waals surface area contributed by atoms with Crippen LogP contribution in [0.5, 0.6) is 0 Å². The first-order valence-electron chi connectivity index (χ1n) is 8.26. The molecule has 4 heteroatoms. The van der Waals surface area contributed by atoms with Crippen LogP contribution >= 0.6 is 0 Å². The van der Waals surface area contributed by atoms with Gasteiger partial charge in [0.05, 0.1) is 5.92 Å². The van der Waals surface area contributed by atoms with E-state index in [4.69, 9.17) is 4.74 Å². The van der Waals surface area contributed by atoms with E-state index in [1.54, 1.807) is 4.90 Å². The lowest BCUT2D eigenvalue weighted by molar-refractivity contribution is -0.156. The molecule has 3 aliphatic carbocycles. The molecule has 0 N–H and O–H groups in total. The van der Waals surface area contributed by atoms with Crippen molar-refractivity contribution in [2.45, 2.75) is 51.0 Å². The summed E-state index contributed by atoms with van der Waals surface area (Å²) in [7, 11) is 1.84. The Kier molecular flexibility index (Phi) is 4.32. The summed E-state index contributed by atoms with van der Waals surface area (Å²) in [5.41, 5.74) is 0. The summed E-state index contributed by atoms with van der Waals surface area (Å²) in [6.45, 7) is -0.0938. The van der Waals surface area contributed by atoms with E-state index >= 15 is 0 Å². The van der Waals surface area contributed by atoms with E-state index in [1.165, 1.54) is 19.3 Å². The molecule has 3 rings (SSSR count). The van der Waals surface area contributed by atoms with Crippen molar-refractivity contribution in [3.63, 3.8) is 0 Å². The normalized spacial score (nSPS) is 31.4. The van der Waals surface area contributed by atoms with Gasteiger partial charge in [0.1, 0.15) is 0 Å². The van der Waals surface area contributed by atoms with Gasteiger partial charge in [-0.25, -0.2) is 0 Å². The molecule has 0 radical (unpaired) electrons. The fraction of sp³-hybridized carbons (Fsp3) is 0.765. The van der Waals surface area contributed by atoms with Crippen LogP contribution in [0.2, 0.25) is 0 Å². The molecule has 0 spiro atoms. The fourth-order valence-corrected chi connectivity index (χ4v) is 4.07. The number of hydrogen-bond donors (Lipinski definition) is 0. The lowest BCUT2D eigenvalue weighted by atomic mass is 9.94. The number of ether oxygens (including phenoxy) is 1. The van der Waals surface area contributed by atoms with Crippen molar-refractivity contribution in [3.8, 4) is 0 Å². The molecule has 116 valence electrons. The minimum atomic E-state index is -0.183. The number of esters is 1. The van der Waals surface area contributed by atoms with Gasteiger partial charge in [-0.3, -0.25) is 9.59 Å². The Morgan fingerprint density at radius 3 is 2.52 bits per heavy atom. The second kappa shape index (κ2) is 6.20. The molecule has 1 amide bonds. The van der Waals surface area contributed by atoms with E-state index in [1.807, 2.05) is 7.05 Å². The molecule has 2 saturated carbocycles. The maximum atomic E-state index is 12.2. The van der Waals surface area contributed by atoms with Crippen molar-refractivity contribution < 1.29 is 14.3 Å². The van der Waals surface area contributed by atoms with Crippen LogP contribution in [0, 0.1) is 17.8 Å². The standard InChI is InChI=1S/C17H25NO3/c1-18(14-5-3-2-4-6-14)16(19)11-21-17(20)15-10-12-7-8-13(15)9-12/h7-8,12-15H,2-6,9-11H2,1H3/t12-,13+,15+/m0/s1. The minimum absolute atomic E-state index is 0.0206. The van der Waals surface area contributed by atoms with E-state index in [0.29, 0.717) is 17.9 Å². The van der Waals surface area contributed by atoms with Crippen molar-refractivity contribution >= 4 is 11.9 Å². The monoisotopic (exact) mass is 291 g/mol. The predicted octanol–water partition coefficient (Wildman–Crippen LogP) is 2.53. The molecule has 0 aromatic heterocycles. The first-order chi connectivity index (χ1) is 10.1. The van der Waals surface area contributed by atoms with Crippen LogP contribution in [0.25, 0.3) is 0 Å². The van der Waals surface area contributed by atoms with Gasteiger partial charge < -0.3 is 9.64 Å². The van der Waals surface area contributed by atoms with Gasteiger partial charge in [0.2, 0.25) is 0 Å². The van der Waals surface area contributed by atoms with Crippen LogP contribution in [0.15, 0.2) is 12.2 Å². The molecule has 2 bridgehead atoms. The molecule has 0 aliphatic heterocycles. The Bertz CT molecular complexity index is 439. The van der Waals surface area contributed by atoms with Crippen LogP contribution in [0.1, 0.15) is 44.9 Å². The minimum Gasteiger partial charge on any atom is -0.455 e. The van der Waals surface area contributed by atoms with E-state index in [0.717, 1.165) is 25.7 Å². The van der Waals surface area contributed by atoms with Gasteiger partial charge in [-0.2, -0.15) is 0 Å². The number of nitrogens with zero attached hydrogens (tertiary/aromatic N) is 1. The van der Waals surface area contributed by atoms with Gasteiger partial charge in [-0.15, -0.1) is 0 Å². The number of carbonyl (C=O) groups is 2. The summed E-state index contributed by atoms with van der Waals surface area (Å²) in [5, 5.41) is 0. The Morgan fingerprint density at radius 2 is 1.90 bits per heavy atom. The van der Waals surface area contributed by atoms with Gasteiger partial charge >= 0.3 is 5.97 Å². The molecule has 0 unspecified atom stereocenters. The maximum Gasteiger partial charge on any atom is 0.310 e. The smallest absolute Gasteiger partial charge is 0.310 e. The van der Waals surface area contributed by atoms with E-state index in [2.05, 4.69) is 12.2 Å². The molecule has 2 fully saturated rings. The molecule has 0 aromatic rings. The third kappa shape index (κ3) is 3.14. The third-order valence-electron chi connectivity index (χ3n) is 5.44. The largest absolute Gasteiger partial charge is 0.455 e. The number of hydrogen-bond acceptors (Lipinski definition) is 3.